The third-order valence-corrected chi connectivity index (χ3v) is 7.14. The fourth-order valence-corrected chi connectivity index (χ4v) is 4.90. The second kappa shape index (κ2) is 10.2. The predicted octanol–water partition coefficient (Wildman–Crippen LogP) is 5.18. The average Bonchev–Trinajstić information content (AvgIpc) is 3.45. The highest BCUT2D eigenvalue weighted by molar-refractivity contribution is 5.96. The largest absolute Gasteiger partial charge is 0.491 e. The zero-order chi connectivity index (χ0) is 25.2. The molecule has 1 aliphatic rings. The van der Waals surface area contributed by atoms with E-state index in [9.17, 15) is 9.90 Å². The van der Waals surface area contributed by atoms with E-state index in [0.717, 1.165) is 40.3 Å². The molecule has 0 unspecified atom stereocenters. The van der Waals surface area contributed by atoms with Gasteiger partial charge < -0.3 is 19.3 Å². The average molecular weight is 484 g/mol. The quantitative estimate of drug-likeness (QED) is 0.375. The number of carbonyl (C=O) groups is 1. The molecule has 1 amide bonds. The SMILES string of the molecule is CCc1ccc(N2C[C@@H](c3nc4ccccc4n3C[C@H](O)COc3ccc(C)c(C)c3)CC2=O)cc1. The number of rotatable bonds is 8. The van der Waals surface area contributed by atoms with Gasteiger partial charge in [-0.05, 0) is 73.4 Å². The van der Waals surface area contributed by atoms with Crippen LogP contribution in [0.3, 0.4) is 0 Å². The molecule has 3 aromatic carbocycles. The summed E-state index contributed by atoms with van der Waals surface area (Å²) < 4.78 is 7.96. The lowest BCUT2D eigenvalue weighted by Gasteiger charge is -2.19. The molecule has 186 valence electrons. The van der Waals surface area contributed by atoms with Gasteiger partial charge in [0.2, 0.25) is 5.91 Å². The molecule has 1 saturated heterocycles. The summed E-state index contributed by atoms with van der Waals surface area (Å²) in [5.74, 6) is 1.63. The minimum Gasteiger partial charge on any atom is -0.491 e. The van der Waals surface area contributed by atoms with Crippen LogP contribution < -0.4 is 9.64 Å². The first-order valence-corrected chi connectivity index (χ1v) is 12.7. The number of nitrogens with zero attached hydrogens (tertiary/aromatic N) is 3. The highest BCUT2D eigenvalue weighted by Gasteiger charge is 2.35. The lowest BCUT2D eigenvalue weighted by atomic mass is 10.1. The van der Waals surface area contributed by atoms with Crippen LogP contribution in [-0.2, 0) is 17.8 Å². The molecule has 1 aliphatic heterocycles. The zero-order valence-corrected chi connectivity index (χ0v) is 21.1. The van der Waals surface area contributed by atoms with Gasteiger partial charge in [0.1, 0.15) is 24.3 Å². The van der Waals surface area contributed by atoms with Gasteiger partial charge in [-0.25, -0.2) is 4.98 Å². The molecule has 6 nitrogen and oxygen atoms in total. The van der Waals surface area contributed by atoms with Crippen molar-refractivity contribution in [1.29, 1.82) is 0 Å². The summed E-state index contributed by atoms with van der Waals surface area (Å²) >= 11 is 0. The molecule has 2 atom stereocenters. The molecule has 1 N–H and O–H groups in total. The van der Waals surface area contributed by atoms with Crippen LogP contribution in [0.25, 0.3) is 11.0 Å². The standard InChI is InChI=1S/C30H33N3O3/c1-4-22-10-12-24(13-11-22)32-17-23(16-29(32)35)30-31-27-7-5-6-8-28(27)33(30)18-25(34)19-36-26-14-9-20(2)21(3)15-26/h5-15,23,25,34H,4,16-19H2,1-3H3/t23-,25-/m0/s1. The number of benzene rings is 3. The fourth-order valence-electron chi connectivity index (χ4n) is 4.90. The van der Waals surface area contributed by atoms with Crippen molar-refractivity contribution in [2.45, 2.75) is 52.2 Å². The van der Waals surface area contributed by atoms with Crippen molar-refractivity contribution in [2.24, 2.45) is 0 Å². The molecule has 0 bridgehead atoms. The van der Waals surface area contributed by atoms with Gasteiger partial charge in [0.05, 0.1) is 17.6 Å². The molecular weight excluding hydrogens is 450 g/mol. The van der Waals surface area contributed by atoms with Gasteiger partial charge in [0, 0.05) is 24.6 Å². The van der Waals surface area contributed by atoms with E-state index in [-0.39, 0.29) is 18.4 Å². The van der Waals surface area contributed by atoms with Crippen LogP contribution in [0, 0.1) is 13.8 Å². The molecule has 0 aliphatic carbocycles. The van der Waals surface area contributed by atoms with Crippen LogP contribution in [-0.4, -0.2) is 39.8 Å². The van der Waals surface area contributed by atoms with Crippen LogP contribution in [0.4, 0.5) is 5.69 Å². The minimum atomic E-state index is -0.724. The maximum atomic E-state index is 13.0. The monoisotopic (exact) mass is 483 g/mol. The van der Waals surface area contributed by atoms with Gasteiger partial charge in [-0.15, -0.1) is 0 Å². The van der Waals surface area contributed by atoms with Crippen molar-refractivity contribution in [3.05, 3.63) is 89.2 Å². The fraction of sp³-hybridized carbons (Fsp3) is 0.333. The summed E-state index contributed by atoms with van der Waals surface area (Å²) in [6.07, 6.45) is 0.641. The predicted molar refractivity (Wildman–Crippen MR) is 143 cm³/mol. The Kier molecular flexibility index (Phi) is 6.79. The van der Waals surface area contributed by atoms with E-state index in [2.05, 4.69) is 30.5 Å². The molecule has 1 aromatic heterocycles. The normalized spacial score (nSPS) is 16.6. The number of aliphatic hydroxyl groups excluding tert-OH is 1. The van der Waals surface area contributed by atoms with Gasteiger partial charge in [-0.2, -0.15) is 0 Å². The molecule has 4 aromatic rings. The van der Waals surface area contributed by atoms with Crippen molar-refractivity contribution in [2.75, 3.05) is 18.1 Å². The molecule has 6 heteroatoms. The van der Waals surface area contributed by atoms with Gasteiger partial charge in [0.15, 0.2) is 0 Å². The van der Waals surface area contributed by atoms with Gasteiger partial charge >= 0.3 is 0 Å². The Bertz CT molecular complexity index is 1380. The summed E-state index contributed by atoms with van der Waals surface area (Å²) in [5, 5.41) is 10.9. The van der Waals surface area contributed by atoms with Crippen LogP contribution in [0.1, 0.15) is 41.8 Å². The summed E-state index contributed by atoms with van der Waals surface area (Å²) in [4.78, 5) is 19.8. The number of anilines is 1. The molecule has 0 radical (unpaired) electrons. The van der Waals surface area contributed by atoms with E-state index >= 15 is 0 Å². The lowest BCUT2D eigenvalue weighted by Crippen LogP contribution is -2.26. The molecule has 0 saturated carbocycles. The maximum Gasteiger partial charge on any atom is 0.227 e. The van der Waals surface area contributed by atoms with Crippen molar-refractivity contribution in [3.63, 3.8) is 0 Å². The number of imidazole rings is 1. The van der Waals surface area contributed by atoms with Crippen LogP contribution in [0.15, 0.2) is 66.7 Å². The van der Waals surface area contributed by atoms with E-state index < -0.39 is 6.10 Å². The highest BCUT2D eigenvalue weighted by atomic mass is 16.5. The molecule has 5 rings (SSSR count). The Hall–Kier alpha value is -3.64. The first-order valence-electron chi connectivity index (χ1n) is 12.7. The third kappa shape index (κ3) is 4.86. The van der Waals surface area contributed by atoms with Crippen molar-refractivity contribution in [1.82, 2.24) is 9.55 Å². The van der Waals surface area contributed by atoms with Gasteiger partial charge in [-0.1, -0.05) is 37.3 Å². The Labute approximate surface area is 212 Å². The van der Waals surface area contributed by atoms with E-state index in [4.69, 9.17) is 9.72 Å². The second-order valence-corrected chi connectivity index (χ2v) is 9.71. The molecule has 1 fully saturated rings. The first-order chi connectivity index (χ1) is 17.4. The highest BCUT2D eigenvalue weighted by Crippen LogP contribution is 2.33. The van der Waals surface area contributed by atoms with Crippen molar-refractivity contribution >= 4 is 22.6 Å². The second-order valence-electron chi connectivity index (χ2n) is 9.71. The minimum absolute atomic E-state index is 0.0522. The smallest absolute Gasteiger partial charge is 0.227 e. The zero-order valence-electron chi connectivity index (χ0n) is 21.1. The number of ether oxygens (including phenoxy) is 1. The number of fused-ring (bicyclic) bond motifs is 1. The number of aryl methyl sites for hydroxylation is 3. The van der Waals surface area contributed by atoms with Crippen molar-refractivity contribution < 1.29 is 14.6 Å². The number of hydrogen-bond acceptors (Lipinski definition) is 4. The van der Waals surface area contributed by atoms with Gasteiger partial charge in [-0.3, -0.25) is 4.79 Å². The topological polar surface area (TPSA) is 67.6 Å². The lowest BCUT2D eigenvalue weighted by molar-refractivity contribution is -0.117. The number of aliphatic hydroxyl groups is 1. The van der Waals surface area contributed by atoms with Crippen molar-refractivity contribution in [3.8, 4) is 5.75 Å². The molecule has 2 heterocycles. The van der Waals surface area contributed by atoms with Gasteiger partial charge in [0.25, 0.3) is 0 Å². The maximum absolute atomic E-state index is 13.0. The van der Waals surface area contributed by atoms with Crippen LogP contribution in [0.5, 0.6) is 5.75 Å². The van der Waals surface area contributed by atoms with Crippen LogP contribution >= 0.6 is 0 Å². The number of para-hydroxylation sites is 2. The Morgan fingerprint density at radius 2 is 1.83 bits per heavy atom. The molecule has 36 heavy (non-hydrogen) atoms. The Morgan fingerprint density at radius 1 is 1.06 bits per heavy atom. The summed E-state index contributed by atoms with van der Waals surface area (Å²) in [6, 6.07) is 22.1. The number of aromatic nitrogens is 2. The Balaban J connectivity index is 1.36. The van der Waals surface area contributed by atoms with Crippen LogP contribution in [0.2, 0.25) is 0 Å². The van der Waals surface area contributed by atoms with E-state index in [1.165, 1.54) is 11.1 Å². The summed E-state index contributed by atoms with van der Waals surface area (Å²) in [5.41, 5.74) is 6.36. The van der Waals surface area contributed by atoms with E-state index in [0.29, 0.717) is 19.5 Å². The summed E-state index contributed by atoms with van der Waals surface area (Å²) in [7, 11) is 0. The molecular formula is C30H33N3O3. The number of amides is 1. The first kappa shape index (κ1) is 24.1. The van der Waals surface area contributed by atoms with E-state index in [1.54, 1.807) is 0 Å². The molecule has 0 spiro atoms. The summed E-state index contributed by atoms with van der Waals surface area (Å²) in [6.45, 7) is 7.33. The third-order valence-electron chi connectivity index (χ3n) is 7.14. The number of carbonyl (C=O) groups excluding carboxylic acids is 1. The van der Waals surface area contributed by atoms with E-state index in [1.807, 2.05) is 66.4 Å². The Morgan fingerprint density at radius 3 is 2.58 bits per heavy atom. The number of hydrogen-bond donors (Lipinski definition) is 1.